The van der Waals surface area contributed by atoms with Gasteiger partial charge in [-0.15, -0.1) is 0 Å². The quantitative estimate of drug-likeness (QED) is 0.516. The Morgan fingerprint density at radius 2 is 1.87 bits per heavy atom. The van der Waals surface area contributed by atoms with Gasteiger partial charge in [0.25, 0.3) is 0 Å². The number of aryl methyl sites for hydroxylation is 1. The maximum Gasteiger partial charge on any atom is 0.416 e. The summed E-state index contributed by atoms with van der Waals surface area (Å²) < 4.78 is 52.6. The Bertz CT molecular complexity index is 909. The molecule has 2 nitrogen and oxygen atoms in total. The van der Waals surface area contributed by atoms with Gasteiger partial charge in [0, 0.05) is 5.39 Å². The summed E-state index contributed by atoms with van der Waals surface area (Å²) in [4.78, 5) is 14.3. The second-order valence-corrected chi connectivity index (χ2v) is 5.22. The van der Waals surface area contributed by atoms with Crippen molar-refractivity contribution in [3.63, 3.8) is 0 Å². The fraction of sp³-hybridized carbons (Fsp3) is 0.118. The Kier molecular flexibility index (Phi) is 3.47. The summed E-state index contributed by atoms with van der Waals surface area (Å²) in [6.07, 6.45) is -4.04. The Morgan fingerprint density at radius 3 is 2.52 bits per heavy atom. The highest BCUT2D eigenvalue weighted by Gasteiger charge is 2.31. The van der Waals surface area contributed by atoms with E-state index in [2.05, 4.69) is 4.98 Å². The van der Waals surface area contributed by atoms with Crippen LogP contribution in [0, 0.1) is 12.7 Å². The van der Waals surface area contributed by atoms with E-state index in [1.54, 1.807) is 13.0 Å². The van der Waals surface area contributed by atoms with E-state index in [4.69, 9.17) is 0 Å². The van der Waals surface area contributed by atoms with Gasteiger partial charge in [-0.05, 0) is 36.2 Å². The lowest BCUT2D eigenvalue weighted by molar-refractivity contribution is -0.137. The first-order chi connectivity index (χ1) is 10.8. The molecule has 1 N–H and O–H groups in total. The van der Waals surface area contributed by atoms with Gasteiger partial charge in [-0.3, -0.25) is 4.79 Å². The van der Waals surface area contributed by atoms with E-state index in [9.17, 15) is 22.4 Å². The maximum atomic E-state index is 14.1. The molecule has 0 atom stereocenters. The number of fused-ring (bicyclic) bond motifs is 1. The van der Waals surface area contributed by atoms with Crippen LogP contribution in [0.1, 0.15) is 21.5 Å². The molecule has 2 aromatic carbocycles. The minimum atomic E-state index is -4.50. The number of halogens is 4. The summed E-state index contributed by atoms with van der Waals surface area (Å²) in [7, 11) is 0. The summed E-state index contributed by atoms with van der Waals surface area (Å²) in [5.74, 6) is -0.595. The number of benzene rings is 2. The molecule has 0 aliphatic rings. The number of hydrogen-bond acceptors (Lipinski definition) is 1. The Balaban J connectivity index is 2.31. The Hall–Kier alpha value is -2.63. The number of aromatic nitrogens is 1. The van der Waals surface area contributed by atoms with E-state index in [-0.39, 0.29) is 22.2 Å². The molecule has 6 heteroatoms. The Morgan fingerprint density at radius 1 is 1.13 bits per heavy atom. The number of alkyl halides is 3. The number of hydrogen-bond donors (Lipinski definition) is 1. The minimum Gasteiger partial charge on any atom is -0.354 e. The summed E-state index contributed by atoms with van der Waals surface area (Å²) in [6.45, 7) is 1.72. The molecule has 0 unspecified atom stereocenters. The lowest BCUT2D eigenvalue weighted by Crippen LogP contribution is -2.04. The molecule has 3 rings (SSSR count). The smallest absolute Gasteiger partial charge is 0.354 e. The molecule has 0 radical (unpaired) electrons. The number of nitrogens with one attached hydrogen (secondary N) is 1. The van der Waals surface area contributed by atoms with Crippen LogP contribution in [-0.4, -0.2) is 11.3 Å². The van der Waals surface area contributed by atoms with E-state index in [0.717, 1.165) is 12.1 Å². The van der Waals surface area contributed by atoms with Gasteiger partial charge in [0.1, 0.15) is 5.82 Å². The predicted molar refractivity (Wildman–Crippen MR) is 78.8 cm³/mol. The highest BCUT2D eigenvalue weighted by molar-refractivity contribution is 6.05. The molecule has 0 aliphatic heterocycles. The topological polar surface area (TPSA) is 32.9 Å². The van der Waals surface area contributed by atoms with Gasteiger partial charge in [-0.2, -0.15) is 13.2 Å². The fourth-order valence-electron chi connectivity index (χ4n) is 2.62. The van der Waals surface area contributed by atoms with E-state index in [1.807, 2.05) is 0 Å². The summed E-state index contributed by atoms with van der Waals surface area (Å²) in [5, 5.41) is 0.0902. The van der Waals surface area contributed by atoms with Crippen LogP contribution in [0.2, 0.25) is 0 Å². The normalized spacial score (nSPS) is 11.9. The van der Waals surface area contributed by atoms with Crippen LogP contribution >= 0.6 is 0 Å². The monoisotopic (exact) mass is 321 g/mol. The van der Waals surface area contributed by atoms with Crippen molar-refractivity contribution in [1.82, 2.24) is 4.98 Å². The van der Waals surface area contributed by atoms with Gasteiger partial charge >= 0.3 is 6.18 Å². The largest absolute Gasteiger partial charge is 0.416 e. The van der Waals surface area contributed by atoms with Crippen LogP contribution in [-0.2, 0) is 6.18 Å². The zero-order valence-electron chi connectivity index (χ0n) is 12.0. The number of carbonyl (C=O) groups is 1. The zero-order valence-corrected chi connectivity index (χ0v) is 12.0. The van der Waals surface area contributed by atoms with Crippen LogP contribution in [0.25, 0.3) is 22.2 Å². The first kappa shape index (κ1) is 15.3. The molecule has 3 aromatic rings. The molecule has 0 bridgehead atoms. The first-order valence-corrected chi connectivity index (χ1v) is 6.76. The molecule has 0 saturated carbocycles. The molecule has 1 aromatic heterocycles. The van der Waals surface area contributed by atoms with Crippen LogP contribution < -0.4 is 0 Å². The second kappa shape index (κ2) is 5.22. The molecule has 0 spiro atoms. The van der Waals surface area contributed by atoms with E-state index >= 15 is 0 Å². The molecule has 0 amide bonds. The van der Waals surface area contributed by atoms with Gasteiger partial charge in [-0.25, -0.2) is 4.39 Å². The second-order valence-electron chi connectivity index (χ2n) is 5.22. The van der Waals surface area contributed by atoms with Crippen molar-refractivity contribution in [2.75, 3.05) is 0 Å². The van der Waals surface area contributed by atoms with Crippen LogP contribution in [0.4, 0.5) is 17.6 Å². The van der Waals surface area contributed by atoms with Gasteiger partial charge in [0.05, 0.1) is 22.3 Å². The van der Waals surface area contributed by atoms with Crippen molar-refractivity contribution in [1.29, 1.82) is 0 Å². The van der Waals surface area contributed by atoms with Crippen molar-refractivity contribution in [3.05, 3.63) is 58.9 Å². The highest BCUT2D eigenvalue weighted by atomic mass is 19.4. The zero-order chi connectivity index (χ0) is 16.8. The summed E-state index contributed by atoms with van der Waals surface area (Å²) in [6, 6.07) is 7.35. The molecular weight excluding hydrogens is 310 g/mol. The number of aldehydes is 1. The lowest BCUT2D eigenvalue weighted by atomic mass is 10.0. The highest BCUT2D eigenvalue weighted by Crippen LogP contribution is 2.35. The molecule has 0 saturated heterocycles. The molecule has 23 heavy (non-hydrogen) atoms. The van der Waals surface area contributed by atoms with E-state index in [1.165, 1.54) is 18.2 Å². The number of aromatic amines is 1. The van der Waals surface area contributed by atoms with E-state index < -0.39 is 17.6 Å². The van der Waals surface area contributed by atoms with Gasteiger partial charge in [-0.1, -0.05) is 18.2 Å². The maximum absolute atomic E-state index is 14.1. The van der Waals surface area contributed by atoms with Crippen LogP contribution in [0.5, 0.6) is 0 Å². The average Bonchev–Trinajstić information content (AvgIpc) is 2.91. The van der Waals surface area contributed by atoms with Crippen molar-refractivity contribution >= 4 is 17.2 Å². The molecule has 1 heterocycles. The number of H-pyrrole nitrogens is 1. The van der Waals surface area contributed by atoms with Crippen molar-refractivity contribution in [2.24, 2.45) is 0 Å². The van der Waals surface area contributed by atoms with Crippen molar-refractivity contribution in [2.45, 2.75) is 13.1 Å². The predicted octanol–water partition coefficient (Wildman–Crippen LogP) is 5.11. The lowest BCUT2D eigenvalue weighted by Gasteiger charge is -2.08. The Labute approximate surface area is 128 Å². The van der Waals surface area contributed by atoms with Crippen molar-refractivity contribution < 1.29 is 22.4 Å². The third kappa shape index (κ3) is 2.50. The molecule has 0 aliphatic carbocycles. The van der Waals surface area contributed by atoms with Crippen molar-refractivity contribution in [3.8, 4) is 11.3 Å². The van der Waals surface area contributed by atoms with Gasteiger partial charge < -0.3 is 4.98 Å². The first-order valence-electron chi connectivity index (χ1n) is 6.76. The van der Waals surface area contributed by atoms with Crippen LogP contribution in [0.15, 0.2) is 36.4 Å². The molecular formula is C17H11F4NO. The standard InChI is InChI=1S/C17H11F4NO/c1-9-5-6-13(18)14-12(8-23)16(22-15(9)14)10-3-2-4-11(7-10)17(19,20)21/h2-8,22H,1H3. The SMILES string of the molecule is Cc1ccc(F)c2c(C=O)c(-c3cccc(C(F)(F)F)c3)[nH]c12. The molecule has 118 valence electrons. The average molecular weight is 321 g/mol. The van der Waals surface area contributed by atoms with Gasteiger partial charge in [0.15, 0.2) is 6.29 Å². The third-order valence-corrected chi connectivity index (χ3v) is 3.75. The minimum absolute atomic E-state index is 0.0144. The molecule has 0 fully saturated rings. The van der Waals surface area contributed by atoms with Crippen LogP contribution in [0.3, 0.4) is 0 Å². The summed E-state index contributed by atoms with van der Waals surface area (Å²) in [5.41, 5.74) is 0.636. The number of rotatable bonds is 2. The third-order valence-electron chi connectivity index (χ3n) is 3.75. The van der Waals surface area contributed by atoms with E-state index in [0.29, 0.717) is 17.4 Å². The fourth-order valence-corrected chi connectivity index (χ4v) is 2.62. The number of carbonyl (C=O) groups excluding carboxylic acids is 1. The van der Waals surface area contributed by atoms with Gasteiger partial charge in [0.2, 0.25) is 0 Å². The summed E-state index contributed by atoms with van der Waals surface area (Å²) >= 11 is 0.